The molecule has 0 unspecified atom stereocenters. The summed E-state index contributed by atoms with van der Waals surface area (Å²) < 4.78 is 16.1. The maximum Gasteiger partial charge on any atom is 0.307 e. The van der Waals surface area contributed by atoms with Crippen LogP contribution in [0.3, 0.4) is 0 Å². The average Bonchev–Trinajstić information content (AvgIpc) is 2.53. The number of carboxylic acids is 1. The monoisotopic (exact) mass is 302 g/mol. The molecule has 0 aliphatic rings. The van der Waals surface area contributed by atoms with Gasteiger partial charge in [-0.1, -0.05) is 24.3 Å². The summed E-state index contributed by atoms with van der Waals surface area (Å²) in [6.07, 6.45) is -0.0618. The highest BCUT2D eigenvalue weighted by Gasteiger charge is 2.19. The predicted octanol–water partition coefficient (Wildman–Crippen LogP) is 3.01. The first-order chi connectivity index (χ1) is 10.6. The molecular formula is C17H18O5. The van der Waals surface area contributed by atoms with E-state index in [0.29, 0.717) is 22.8 Å². The lowest BCUT2D eigenvalue weighted by Gasteiger charge is -2.17. The summed E-state index contributed by atoms with van der Waals surface area (Å²) in [5.41, 5.74) is 2.26. The molecule has 0 bridgehead atoms. The first-order valence-electron chi connectivity index (χ1n) is 6.71. The van der Waals surface area contributed by atoms with E-state index in [4.69, 9.17) is 19.3 Å². The molecule has 116 valence electrons. The Kier molecular flexibility index (Phi) is 4.88. The quantitative estimate of drug-likeness (QED) is 0.888. The zero-order valence-electron chi connectivity index (χ0n) is 12.8. The SMILES string of the molecule is COc1ccc(-c2ccccc2CC(=O)O)c(OC)c1OC. The normalized spacial score (nSPS) is 10.1. The van der Waals surface area contributed by atoms with Crippen molar-refractivity contribution in [3.8, 4) is 28.4 Å². The first-order valence-corrected chi connectivity index (χ1v) is 6.71. The maximum atomic E-state index is 11.1. The minimum Gasteiger partial charge on any atom is -0.493 e. The van der Waals surface area contributed by atoms with Gasteiger partial charge >= 0.3 is 5.97 Å². The second kappa shape index (κ2) is 6.85. The number of rotatable bonds is 6. The van der Waals surface area contributed by atoms with Gasteiger partial charge in [-0.2, -0.15) is 0 Å². The van der Waals surface area contributed by atoms with Crippen LogP contribution in [0.15, 0.2) is 36.4 Å². The lowest BCUT2D eigenvalue weighted by Crippen LogP contribution is -2.03. The van der Waals surface area contributed by atoms with Crippen LogP contribution in [-0.2, 0) is 11.2 Å². The third kappa shape index (κ3) is 2.98. The summed E-state index contributed by atoms with van der Waals surface area (Å²) >= 11 is 0. The van der Waals surface area contributed by atoms with Gasteiger partial charge in [0.05, 0.1) is 27.8 Å². The van der Waals surface area contributed by atoms with E-state index < -0.39 is 5.97 Å². The molecule has 0 aliphatic carbocycles. The van der Waals surface area contributed by atoms with E-state index in [0.717, 1.165) is 11.1 Å². The maximum absolute atomic E-state index is 11.1. The first kappa shape index (κ1) is 15.7. The van der Waals surface area contributed by atoms with Crippen molar-refractivity contribution in [1.82, 2.24) is 0 Å². The molecule has 0 saturated heterocycles. The topological polar surface area (TPSA) is 65.0 Å². The Morgan fingerprint density at radius 1 is 0.909 bits per heavy atom. The van der Waals surface area contributed by atoms with Crippen molar-refractivity contribution in [2.45, 2.75) is 6.42 Å². The molecule has 0 amide bonds. The van der Waals surface area contributed by atoms with E-state index in [1.807, 2.05) is 24.3 Å². The summed E-state index contributed by atoms with van der Waals surface area (Å²) in [6.45, 7) is 0. The van der Waals surface area contributed by atoms with Crippen molar-refractivity contribution >= 4 is 5.97 Å². The zero-order chi connectivity index (χ0) is 16.1. The molecule has 2 aromatic rings. The van der Waals surface area contributed by atoms with E-state index in [1.54, 1.807) is 26.4 Å². The van der Waals surface area contributed by atoms with Crippen molar-refractivity contribution in [3.63, 3.8) is 0 Å². The lowest BCUT2D eigenvalue weighted by atomic mass is 9.96. The third-order valence-electron chi connectivity index (χ3n) is 3.35. The predicted molar refractivity (Wildman–Crippen MR) is 82.9 cm³/mol. The van der Waals surface area contributed by atoms with Crippen LogP contribution in [0.2, 0.25) is 0 Å². The molecule has 0 fully saturated rings. The van der Waals surface area contributed by atoms with Crippen LogP contribution in [0.5, 0.6) is 17.2 Å². The second-order valence-electron chi connectivity index (χ2n) is 4.61. The van der Waals surface area contributed by atoms with Gasteiger partial charge in [0, 0.05) is 5.56 Å². The summed E-state index contributed by atoms with van der Waals surface area (Å²) in [7, 11) is 4.63. The minimum absolute atomic E-state index is 0.0618. The summed E-state index contributed by atoms with van der Waals surface area (Å²) in [5.74, 6) is 0.665. The number of ether oxygens (including phenoxy) is 3. The van der Waals surface area contributed by atoms with Gasteiger partial charge in [-0.05, 0) is 23.3 Å². The number of aliphatic carboxylic acids is 1. The van der Waals surface area contributed by atoms with Gasteiger partial charge in [0.2, 0.25) is 5.75 Å². The van der Waals surface area contributed by atoms with Crippen LogP contribution < -0.4 is 14.2 Å². The number of methoxy groups -OCH3 is 3. The van der Waals surface area contributed by atoms with Crippen molar-refractivity contribution in [2.24, 2.45) is 0 Å². The highest BCUT2D eigenvalue weighted by atomic mass is 16.5. The fourth-order valence-electron chi connectivity index (χ4n) is 2.41. The lowest BCUT2D eigenvalue weighted by molar-refractivity contribution is -0.136. The van der Waals surface area contributed by atoms with Gasteiger partial charge in [-0.3, -0.25) is 4.79 Å². The average molecular weight is 302 g/mol. The standard InChI is InChI=1S/C17H18O5/c1-20-14-9-8-13(16(21-2)17(14)22-3)12-7-5-4-6-11(12)10-15(18)19/h4-9H,10H2,1-3H3,(H,18,19). The van der Waals surface area contributed by atoms with Gasteiger partial charge in [-0.25, -0.2) is 0 Å². The molecule has 0 saturated carbocycles. The Morgan fingerprint density at radius 3 is 2.18 bits per heavy atom. The van der Waals surface area contributed by atoms with Gasteiger partial charge < -0.3 is 19.3 Å². The van der Waals surface area contributed by atoms with Crippen molar-refractivity contribution < 1.29 is 24.1 Å². The molecule has 2 rings (SSSR count). The van der Waals surface area contributed by atoms with Crippen LogP contribution in [-0.4, -0.2) is 32.4 Å². The second-order valence-corrected chi connectivity index (χ2v) is 4.61. The number of hydrogen-bond acceptors (Lipinski definition) is 4. The molecule has 0 heterocycles. The van der Waals surface area contributed by atoms with E-state index in [9.17, 15) is 4.79 Å². The van der Waals surface area contributed by atoms with Crippen LogP contribution in [0.25, 0.3) is 11.1 Å². The summed E-state index contributed by atoms with van der Waals surface area (Å²) in [5, 5.41) is 9.07. The Hall–Kier alpha value is -2.69. The van der Waals surface area contributed by atoms with Gasteiger partial charge in [0.15, 0.2) is 11.5 Å². The van der Waals surface area contributed by atoms with E-state index in [-0.39, 0.29) is 6.42 Å². The molecule has 5 heteroatoms. The largest absolute Gasteiger partial charge is 0.493 e. The number of carboxylic acid groups (broad SMARTS) is 1. The van der Waals surface area contributed by atoms with Crippen molar-refractivity contribution in [2.75, 3.05) is 21.3 Å². The van der Waals surface area contributed by atoms with Gasteiger partial charge in [-0.15, -0.1) is 0 Å². The van der Waals surface area contributed by atoms with Crippen molar-refractivity contribution in [1.29, 1.82) is 0 Å². The fourth-order valence-corrected chi connectivity index (χ4v) is 2.41. The van der Waals surface area contributed by atoms with Crippen LogP contribution in [0.4, 0.5) is 0 Å². The van der Waals surface area contributed by atoms with E-state index in [2.05, 4.69) is 0 Å². The van der Waals surface area contributed by atoms with Gasteiger partial charge in [0.25, 0.3) is 0 Å². The third-order valence-corrected chi connectivity index (χ3v) is 3.35. The summed E-state index contributed by atoms with van der Waals surface area (Å²) in [4.78, 5) is 11.1. The number of benzene rings is 2. The van der Waals surface area contributed by atoms with Crippen LogP contribution in [0, 0.1) is 0 Å². The Morgan fingerprint density at radius 2 is 1.59 bits per heavy atom. The minimum atomic E-state index is -0.883. The van der Waals surface area contributed by atoms with Crippen LogP contribution in [0.1, 0.15) is 5.56 Å². The van der Waals surface area contributed by atoms with Crippen LogP contribution >= 0.6 is 0 Å². The Balaban J connectivity index is 2.65. The molecule has 1 N–H and O–H groups in total. The molecule has 0 aliphatic heterocycles. The van der Waals surface area contributed by atoms with E-state index >= 15 is 0 Å². The zero-order valence-corrected chi connectivity index (χ0v) is 12.8. The Bertz CT molecular complexity index is 679. The highest BCUT2D eigenvalue weighted by Crippen LogP contribution is 2.44. The highest BCUT2D eigenvalue weighted by molar-refractivity contribution is 5.81. The van der Waals surface area contributed by atoms with E-state index in [1.165, 1.54) is 7.11 Å². The number of hydrogen-bond donors (Lipinski definition) is 1. The molecule has 22 heavy (non-hydrogen) atoms. The molecule has 2 aromatic carbocycles. The summed E-state index contributed by atoms with van der Waals surface area (Å²) in [6, 6.07) is 10.9. The van der Waals surface area contributed by atoms with Crippen molar-refractivity contribution in [3.05, 3.63) is 42.0 Å². The molecule has 5 nitrogen and oxygen atoms in total. The fraction of sp³-hybridized carbons (Fsp3) is 0.235. The van der Waals surface area contributed by atoms with Gasteiger partial charge in [0.1, 0.15) is 0 Å². The Labute approximate surface area is 129 Å². The molecule has 0 radical (unpaired) electrons. The molecule has 0 spiro atoms. The molecular weight excluding hydrogens is 284 g/mol. The molecule has 0 atom stereocenters. The number of carbonyl (C=O) groups is 1. The smallest absolute Gasteiger partial charge is 0.307 e. The molecule has 0 aromatic heterocycles.